The highest BCUT2D eigenvalue weighted by Crippen LogP contribution is 2.08. The van der Waals surface area contributed by atoms with Crippen molar-refractivity contribution in [3.63, 3.8) is 0 Å². The van der Waals surface area contributed by atoms with Gasteiger partial charge in [0.15, 0.2) is 0 Å². The zero-order chi connectivity index (χ0) is 13.4. The van der Waals surface area contributed by atoms with Crippen LogP contribution in [0, 0.1) is 0 Å². The molecule has 0 fully saturated rings. The molecule has 6 nitrogen and oxygen atoms in total. The molecule has 0 aromatic carbocycles. The SMILES string of the molecule is CCCN(C)CCC(O)C(O)C(O)C(O)CO. The van der Waals surface area contributed by atoms with Crippen LogP contribution in [-0.4, -0.2) is 81.6 Å². The van der Waals surface area contributed by atoms with Gasteiger partial charge in [0.05, 0.1) is 12.7 Å². The molecular formula is C11H25NO5. The van der Waals surface area contributed by atoms with Crippen molar-refractivity contribution in [2.75, 3.05) is 26.7 Å². The Labute approximate surface area is 102 Å². The summed E-state index contributed by atoms with van der Waals surface area (Å²) >= 11 is 0. The minimum absolute atomic E-state index is 0.298. The van der Waals surface area contributed by atoms with E-state index in [-0.39, 0.29) is 0 Å². The predicted octanol–water partition coefficient (Wildman–Crippen LogP) is -1.85. The van der Waals surface area contributed by atoms with E-state index in [1.54, 1.807) is 0 Å². The van der Waals surface area contributed by atoms with Gasteiger partial charge < -0.3 is 30.4 Å². The monoisotopic (exact) mass is 251 g/mol. The van der Waals surface area contributed by atoms with Gasteiger partial charge in [-0.1, -0.05) is 6.92 Å². The molecule has 0 saturated heterocycles. The lowest BCUT2D eigenvalue weighted by molar-refractivity contribution is -0.117. The second kappa shape index (κ2) is 8.79. The molecule has 0 aliphatic carbocycles. The van der Waals surface area contributed by atoms with Crippen LogP contribution in [0.1, 0.15) is 19.8 Å². The maximum absolute atomic E-state index is 9.62. The Balaban J connectivity index is 4.00. The molecule has 0 aromatic heterocycles. The first-order chi connectivity index (χ1) is 7.93. The first-order valence-corrected chi connectivity index (χ1v) is 5.95. The Morgan fingerprint density at radius 2 is 1.47 bits per heavy atom. The van der Waals surface area contributed by atoms with Gasteiger partial charge in [-0.15, -0.1) is 0 Å². The summed E-state index contributed by atoms with van der Waals surface area (Å²) < 4.78 is 0. The molecule has 0 spiro atoms. The molecule has 0 amide bonds. The van der Waals surface area contributed by atoms with Crippen LogP contribution in [0.15, 0.2) is 0 Å². The summed E-state index contributed by atoms with van der Waals surface area (Å²) in [4.78, 5) is 2.00. The second-order valence-corrected chi connectivity index (χ2v) is 4.39. The summed E-state index contributed by atoms with van der Waals surface area (Å²) in [7, 11) is 1.90. The summed E-state index contributed by atoms with van der Waals surface area (Å²) in [5, 5.41) is 46.3. The average Bonchev–Trinajstić information content (AvgIpc) is 2.33. The number of nitrogens with zero attached hydrogens (tertiary/aromatic N) is 1. The molecular weight excluding hydrogens is 226 g/mol. The van der Waals surface area contributed by atoms with Crippen LogP contribution in [0.25, 0.3) is 0 Å². The molecule has 6 heteroatoms. The molecule has 17 heavy (non-hydrogen) atoms. The van der Waals surface area contributed by atoms with Crippen LogP contribution in [0.3, 0.4) is 0 Å². The largest absolute Gasteiger partial charge is 0.394 e. The van der Waals surface area contributed by atoms with Crippen molar-refractivity contribution in [3.8, 4) is 0 Å². The molecule has 4 unspecified atom stereocenters. The first-order valence-electron chi connectivity index (χ1n) is 5.95. The van der Waals surface area contributed by atoms with Crippen LogP contribution >= 0.6 is 0 Å². The van der Waals surface area contributed by atoms with E-state index < -0.39 is 31.0 Å². The van der Waals surface area contributed by atoms with Crippen LogP contribution in [0.4, 0.5) is 0 Å². The number of aliphatic hydroxyl groups excluding tert-OH is 5. The maximum atomic E-state index is 9.62. The summed E-state index contributed by atoms with van der Waals surface area (Å²) in [6, 6.07) is 0. The summed E-state index contributed by atoms with van der Waals surface area (Å²) in [6.45, 7) is 2.88. The number of hydrogen-bond acceptors (Lipinski definition) is 6. The van der Waals surface area contributed by atoms with E-state index in [2.05, 4.69) is 0 Å². The Kier molecular flexibility index (Phi) is 8.67. The Morgan fingerprint density at radius 1 is 0.941 bits per heavy atom. The lowest BCUT2D eigenvalue weighted by Crippen LogP contribution is -2.46. The molecule has 0 bridgehead atoms. The van der Waals surface area contributed by atoms with Crippen molar-refractivity contribution in [3.05, 3.63) is 0 Å². The fourth-order valence-electron chi connectivity index (χ4n) is 1.58. The van der Waals surface area contributed by atoms with E-state index >= 15 is 0 Å². The van der Waals surface area contributed by atoms with Crippen molar-refractivity contribution >= 4 is 0 Å². The van der Waals surface area contributed by atoms with E-state index in [4.69, 9.17) is 10.2 Å². The minimum atomic E-state index is -1.54. The van der Waals surface area contributed by atoms with E-state index in [0.717, 1.165) is 13.0 Å². The molecule has 0 heterocycles. The lowest BCUT2D eigenvalue weighted by Gasteiger charge is -2.26. The first kappa shape index (κ1) is 16.8. The second-order valence-electron chi connectivity index (χ2n) is 4.39. The van der Waals surface area contributed by atoms with Gasteiger partial charge in [-0.3, -0.25) is 0 Å². The van der Waals surface area contributed by atoms with E-state index in [0.29, 0.717) is 13.0 Å². The molecule has 0 radical (unpaired) electrons. The van der Waals surface area contributed by atoms with Gasteiger partial charge >= 0.3 is 0 Å². The molecule has 0 aliphatic heterocycles. The summed E-state index contributed by atoms with van der Waals surface area (Å²) in [5.41, 5.74) is 0. The Bertz CT molecular complexity index is 193. The van der Waals surface area contributed by atoms with Gasteiger partial charge in [-0.25, -0.2) is 0 Å². The van der Waals surface area contributed by atoms with Crippen LogP contribution in [0.2, 0.25) is 0 Å². The maximum Gasteiger partial charge on any atom is 0.110 e. The molecule has 0 rings (SSSR count). The summed E-state index contributed by atoms with van der Waals surface area (Å²) in [6.07, 6.45) is -4.24. The normalized spacial score (nSPS) is 19.1. The topological polar surface area (TPSA) is 104 Å². The standard InChI is InChI=1S/C11H25NO5/c1-3-5-12(2)6-4-8(14)10(16)11(17)9(15)7-13/h8-11,13-17H,3-7H2,1-2H3. The predicted molar refractivity (Wildman–Crippen MR) is 63.5 cm³/mol. The van der Waals surface area contributed by atoms with E-state index in [9.17, 15) is 15.3 Å². The highest BCUT2D eigenvalue weighted by molar-refractivity contribution is 4.80. The zero-order valence-corrected chi connectivity index (χ0v) is 10.5. The molecule has 0 aromatic rings. The van der Waals surface area contributed by atoms with Gasteiger partial charge in [0.1, 0.15) is 18.3 Å². The van der Waals surface area contributed by atoms with Gasteiger partial charge in [-0.2, -0.15) is 0 Å². The number of hydrogen-bond donors (Lipinski definition) is 5. The van der Waals surface area contributed by atoms with Crippen LogP contribution in [0.5, 0.6) is 0 Å². The van der Waals surface area contributed by atoms with Gasteiger partial charge in [0, 0.05) is 6.54 Å². The number of rotatable bonds is 9. The third kappa shape index (κ3) is 6.30. The third-order valence-corrected chi connectivity index (χ3v) is 2.74. The van der Waals surface area contributed by atoms with Crippen LogP contribution in [-0.2, 0) is 0 Å². The minimum Gasteiger partial charge on any atom is -0.394 e. The quantitative estimate of drug-likeness (QED) is 0.330. The van der Waals surface area contributed by atoms with Gasteiger partial charge in [-0.05, 0) is 26.4 Å². The molecule has 0 aliphatic rings. The Morgan fingerprint density at radius 3 is 1.94 bits per heavy atom. The van der Waals surface area contributed by atoms with Crippen molar-refractivity contribution < 1.29 is 25.5 Å². The zero-order valence-electron chi connectivity index (χ0n) is 10.5. The van der Waals surface area contributed by atoms with Crippen molar-refractivity contribution in [1.82, 2.24) is 4.90 Å². The smallest absolute Gasteiger partial charge is 0.110 e. The van der Waals surface area contributed by atoms with Gasteiger partial charge in [0.2, 0.25) is 0 Å². The lowest BCUT2D eigenvalue weighted by atomic mass is 10.0. The van der Waals surface area contributed by atoms with Crippen molar-refractivity contribution in [2.45, 2.75) is 44.2 Å². The fraction of sp³-hybridized carbons (Fsp3) is 1.00. The van der Waals surface area contributed by atoms with Gasteiger partial charge in [0.25, 0.3) is 0 Å². The highest BCUT2D eigenvalue weighted by Gasteiger charge is 2.29. The molecule has 4 atom stereocenters. The Hall–Kier alpha value is -0.240. The highest BCUT2D eigenvalue weighted by atomic mass is 16.4. The molecule has 0 saturated carbocycles. The van der Waals surface area contributed by atoms with Crippen LogP contribution < -0.4 is 0 Å². The average molecular weight is 251 g/mol. The van der Waals surface area contributed by atoms with E-state index in [1.807, 2.05) is 18.9 Å². The third-order valence-electron chi connectivity index (χ3n) is 2.74. The molecule has 5 N–H and O–H groups in total. The van der Waals surface area contributed by atoms with Crippen molar-refractivity contribution in [1.29, 1.82) is 0 Å². The molecule has 104 valence electrons. The summed E-state index contributed by atoms with van der Waals surface area (Å²) in [5.74, 6) is 0. The fourth-order valence-corrected chi connectivity index (χ4v) is 1.58. The van der Waals surface area contributed by atoms with Crippen molar-refractivity contribution in [2.24, 2.45) is 0 Å². The van der Waals surface area contributed by atoms with E-state index in [1.165, 1.54) is 0 Å². The number of aliphatic hydroxyl groups is 5.